The number of rotatable bonds is 5. The molecule has 2 rings (SSSR count). The van der Waals surface area contributed by atoms with Crippen LogP contribution >= 0.6 is 0 Å². The van der Waals surface area contributed by atoms with Crippen molar-refractivity contribution < 1.29 is 9.84 Å². The van der Waals surface area contributed by atoms with Gasteiger partial charge in [0.2, 0.25) is 0 Å². The molecule has 96 valence electrons. The Kier molecular flexibility index (Phi) is 3.98. The average Bonchev–Trinajstić information content (AvgIpc) is 2.46. The van der Waals surface area contributed by atoms with Crippen LogP contribution in [0.25, 0.3) is 6.08 Å². The monoisotopic (exact) mass is 253 g/mol. The Morgan fingerprint density at radius 2 is 1.89 bits per heavy atom. The minimum absolute atomic E-state index is 0.0505. The lowest BCUT2D eigenvalue weighted by molar-refractivity contribution is 0.304. The van der Waals surface area contributed by atoms with Gasteiger partial charge in [0, 0.05) is 17.8 Å². The summed E-state index contributed by atoms with van der Waals surface area (Å²) in [5.41, 5.74) is 2.58. The highest BCUT2D eigenvalue weighted by molar-refractivity contribution is 5.81. The van der Waals surface area contributed by atoms with E-state index in [2.05, 4.69) is 6.58 Å². The van der Waals surface area contributed by atoms with Gasteiger partial charge in [-0.05, 0) is 23.3 Å². The van der Waals surface area contributed by atoms with Gasteiger partial charge in [-0.15, -0.1) is 0 Å². The molecule has 0 atom stereocenters. The summed E-state index contributed by atoms with van der Waals surface area (Å²) in [5, 5.41) is 16.7. The number of phenolic OH excluding ortho intramolecular Hbond substituents is 1. The quantitative estimate of drug-likeness (QED) is 0.800. The van der Waals surface area contributed by atoms with E-state index in [1.807, 2.05) is 24.3 Å². The van der Waals surface area contributed by atoms with Gasteiger partial charge >= 0.3 is 0 Å². The summed E-state index contributed by atoms with van der Waals surface area (Å²) < 4.78 is 5.58. The zero-order valence-corrected chi connectivity index (χ0v) is 10.5. The molecule has 3 heteroatoms. The Morgan fingerprint density at radius 3 is 2.47 bits per heavy atom. The van der Waals surface area contributed by atoms with Crippen molar-refractivity contribution >= 4 is 12.3 Å². The van der Waals surface area contributed by atoms with E-state index in [4.69, 9.17) is 10.1 Å². The number of benzene rings is 2. The van der Waals surface area contributed by atoms with Crippen LogP contribution < -0.4 is 4.74 Å². The van der Waals surface area contributed by atoms with Gasteiger partial charge in [-0.1, -0.05) is 36.9 Å². The Bertz CT molecular complexity index is 588. The normalized spacial score (nSPS) is 9.89. The molecule has 0 aliphatic heterocycles. The fourth-order valence-corrected chi connectivity index (χ4v) is 1.65. The van der Waals surface area contributed by atoms with Crippen molar-refractivity contribution in [3.8, 4) is 11.5 Å². The molecule has 0 amide bonds. The lowest BCUT2D eigenvalue weighted by Crippen LogP contribution is -1.95. The molecule has 0 bridgehead atoms. The first kappa shape index (κ1) is 12.9. The summed E-state index contributed by atoms with van der Waals surface area (Å²) in [6.45, 7) is 4.13. The van der Waals surface area contributed by atoms with Crippen molar-refractivity contribution in [2.45, 2.75) is 6.61 Å². The Balaban J connectivity index is 2.03. The average molecular weight is 253 g/mol. The van der Waals surface area contributed by atoms with Crippen molar-refractivity contribution in [3.05, 3.63) is 65.7 Å². The van der Waals surface area contributed by atoms with Gasteiger partial charge in [0.15, 0.2) is 0 Å². The van der Waals surface area contributed by atoms with Crippen LogP contribution in [0.4, 0.5) is 0 Å². The summed E-state index contributed by atoms with van der Waals surface area (Å²) >= 11 is 0. The predicted octanol–water partition coefficient (Wildman–Crippen LogP) is 3.61. The number of phenols is 1. The summed E-state index contributed by atoms with van der Waals surface area (Å²) in [4.78, 5) is 0. The Morgan fingerprint density at radius 1 is 1.16 bits per heavy atom. The van der Waals surface area contributed by atoms with Gasteiger partial charge in [0.1, 0.15) is 18.1 Å². The minimum atomic E-state index is 0.0505. The number of nitrogens with one attached hydrogen (secondary N) is 1. The summed E-state index contributed by atoms with van der Waals surface area (Å²) in [7, 11) is 0. The summed E-state index contributed by atoms with van der Waals surface area (Å²) in [6.07, 6.45) is 2.89. The van der Waals surface area contributed by atoms with Crippen LogP contribution in [0.1, 0.15) is 16.7 Å². The van der Waals surface area contributed by atoms with E-state index in [1.54, 1.807) is 18.2 Å². The second-order valence-electron chi connectivity index (χ2n) is 4.10. The molecule has 0 spiro atoms. The predicted molar refractivity (Wildman–Crippen MR) is 76.9 cm³/mol. The highest BCUT2D eigenvalue weighted by Gasteiger charge is 2.01. The van der Waals surface area contributed by atoms with E-state index < -0.39 is 0 Å². The summed E-state index contributed by atoms with van der Waals surface area (Å²) in [5.74, 6) is 0.630. The van der Waals surface area contributed by atoms with Crippen LogP contribution in [0.2, 0.25) is 0 Å². The zero-order chi connectivity index (χ0) is 13.7. The minimum Gasteiger partial charge on any atom is -0.507 e. The second kappa shape index (κ2) is 5.87. The van der Waals surface area contributed by atoms with Gasteiger partial charge in [-0.3, -0.25) is 0 Å². The highest BCUT2D eigenvalue weighted by atomic mass is 16.5. The fourth-order valence-electron chi connectivity index (χ4n) is 1.65. The van der Waals surface area contributed by atoms with E-state index in [0.29, 0.717) is 17.9 Å². The maximum atomic E-state index is 9.61. The number of ether oxygens (including phenoxy) is 1. The van der Waals surface area contributed by atoms with E-state index in [0.717, 1.165) is 17.3 Å². The first-order valence-corrected chi connectivity index (χ1v) is 5.90. The molecule has 0 heterocycles. The SMILES string of the molecule is C=Cc1ccc(COc2ccc(C=N)c(O)c2)cc1. The smallest absolute Gasteiger partial charge is 0.128 e. The standard InChI is InChI=1S/C16H15NO2/c1-2-12-3-5-13(6-4-12)11-19-15-8-7-14(10-17)16(18)9-15/h2-10,17-18H,1,11H2. The van der Waals surface area contributed by atoms with Crippen molar-refractivity contribution in [1.82, 2.24) is 0 Å². The van der Waals surface area contributed by atoms with Crippen molar-refractivity contribution in [1.29, 1.82) is 5.41 Å². The molecule has 0 saturated carbocycles. The van der Waals surface area contributed by atoms with Gasteiger partial charge in [0.05, 0.1) is 0 Å². The zero-order valence-electron chi connectivity index (χ0n) is 10.5. The van der Waals surface area contributed by atoms with Crippen LogP contribution in [-0.2, 0) is 6.61 Å². The topological polar surface area (TPSA) is 53.3 Å². The molecule has 2 aromatic rings. The first-order chi connectivity index (χ1) is 9.22. The van der Waals surface area contributed by atoms with E-state index in [-0.39, 0.29) is 5.75 Å². The van der Waals surface area contributed by atoms with E-state index in [9.17, 15) is 5.11 Å². The lowest BCUT2D eigenvalue weighted by Gasteiger charge is -2.08. The molecule has 0 radical (unpaired) electrons. The number of hydrogen-bond acceptors (Lipinski definition) is 3. The fraction of sp³-hybridized carbons (Fsp3) is 0.0625. The molecule has 19 heavy (non-hydrogen) atoms. The molecule has 0 aliphatic rings. The highest BCUT2D eigenvalue weighted by Crippen LogP contribution is 2.23. The Hall–Kier alpha value is -2.55. The van der Waals surface area contributed by atoms with Crippen LogP contribution in [0.15, 0.2) is 49.0 Å². The lowest BCUT2D eigenvalue weighted by atomic mass is 10.1. The van der Waals surface area contributed by atoms with Crippen LogP contribution in [0, 0.1) is 5.41 Å². The molecular weight excluding hydrogens is 238 g/mol. The van der Waals surface area contributed by atoms with Gasteiger partial charge in [-0.25, -0.2) is 0 Å². The van der Waals surface area contributed by atoms with Gasteiger partial charge < -0.3 is 15.3 Å². The third-order valence-electron chi connectivity index (χ3n) is 2.78. The number of hydrogen-bond donors (Lipinski definition) is 2. The largest absolute Gasteiger partial charge is 0.507 e. The Labute approximate surface area is 112 Å². The number of aromatic hydroxyl groups is 1. The summed E-state index contributed by atoms with van der Waals surface area (Å²) in [6, 6.07) is 12.8. The van der Waals surface area contributed by atoms with Crippen molar-refractivity contribution in [2.75, 3.05) is 0 Å². The second-order valence-corrected chi connectivity index (χ2v) is 4.10. The third-order valence-corrected chi connectivity index (χ3v) is 2.78. The van der Waals surface area contributed by atoms with E-state index in [1.165, 1.54) is 6.07 Å². The first-order valence-electron chi connectivity index (χ1n) is 5.90. The maximum absolute atomic E-state index is 9.61. The maximum Gasteiger partial charge on any atom is 0.128 e. The van der Waals surface area contributed by atoms with Gasteiger partial charge in [0.25, 0.3) is 0 Å². The molecule has 0 fully saturated rings. The molecule has 2 N–H and O–H groups in total. The molecule has 2 aromatic carbocycles. The van der Waals surface area contributed by atoms with Crippen LogP contribution in [-0.4, -0.2) is 11.3 Å². The van der Waals surface area contributed by atoms with Crippen LogP contribution in [0.5, 0.6) is 11.5 Å². The van der Waals surface area contributed by atoms with Crippen molar-refractivity contribution in [3.63, 3.8) is 0 Å². The molecule has 0 aliphatic carbocycles. The molecule has 0 aromatic heterocycles. The third kappa shape index (κ3) is 3.22. The molecule has 3 nitrogen and oxygen atoms in total. The van der Waals surface area contributed by atoms with Crippen LogP contribution in [0.3, 0.4) is 0 Å². The molecule has 0 saturated heterocycles. The molecule has 0 unspecified atom stereocenters. The molecular formula is C16H15NO2. The van der Waals surface area contributed by atoms with E-state index >= 15 is 0 Å². The van der Waals surface area contributed by atoms with Crippen molar-refractivity contribution in [2.24, 2.45) is 0 Å². The van der Waals surface area contributed by atoms with Gasteiger partial charge in [-0.2, -0.15) is 0 Å².